The summed E-state index contributed by atoms with van der Waals surface area (Å²) in [6.07, 6.45) is 0.808. The monoisotopic (exact) mass is 465 g/mol. The third kappa shape index (κ3) is 5.50. The van der Waals surface area contributed by atoms with Crippen LogP contribution in [0.4, 0.5) is 15.3 Å². The second-order valence-corrected chi connectivity index (χ2v) is 8.84. The van der Waals surface area contributed by atoms with Gasteiger partial charge in [0.05, 0.1) is 7.11 Å². The Morgan fingerprint density at radius 3 is 2.59 bits per heavy atom. The van der Waals surface area contributed by atoms with Crippen LogP contribution in [-0.2, 0) is 27.1 Å². The Bertz CT molecular complexity index is 1050. The highest BCUT2D eigenvalue weighted by atomic mass is 16.6. The molecule has 1 atom stereocenters. The molecule has 1 unspecified atom stereocenters. The second-order valence-electron chi connectivity index (χ2n) is 8.84. The van der Waals surface area contributed by atoms with E-state index in [2.05, 4.69) is 5.32 Å². The van der Waals surface area contributed by atoms with Crippen LogP contribution in [0.15, 0.2) is 48.5 Å². The number of carbonyl (C=O) groups excluding carboxylic acids is 3. The Hall–Kier alpha value is -3.55. The van der Waals surface area contributed by atoms with Gasteiger partial charge in [0.15, 0.2) is 0 Å². The fraction of sp³-hybridized carbons (Fsp3) is 0.423. The van der Waals surface area contributed by atoms with E-state index >= 15 is 0 Å². The number of nitrogens with zero attached hydrogens (tertiary/aromatic N) is 2. The molecule has 0 saturated carbocycles. The van der Waals surface area contributed by atoms with E-state index in [9.17, 15) is 14.4 Å². The topological polar surface area (TPSA) is 88.2 Å². The van der Waals surface area contributed by atoms with Crippen molar-refractivity contribution in [1.82, 2.24) is 9.80 Å². The van der Waals surface area contributed by atoms with E-state index in [4.69, 9.17) is 9.47 Å². The number of rotatable bonds is 5. The van der Waals surface area contributed by atoms with Gasteiger partial charge in [0.2, 0.25) is 6.10 Å². The third-order valence-corrected chi connectivity index (χ3v) is 6.52. The Morgan fingerprint density at radius 2 is 1.85 bits per heavy atom. The van der Waals surface area contributed by atoms with E-state index in [0.29, 0.717) is 32.5 Å². The van der Waals surface area contributed by atoms with Gasteiger partial charge in [0.25, 0.3) is 0 Å². The molecule has 1 fully saturated rings. The van der Waals surface area contributed by atoms with Crippen LogP contribution >= 0.6 is 0 Å². The number of hydrogen-bond donors (Lipinski definition) is 1. The first-order valence-electron chi connectivity index (χ1n) is 11.7. The van der Waals surface area contributed by atoms with E-state index in [1.807, 2.05) is 60.4 Å². The summed E-state index contributed by atoms with van der Waals surface area (Å²) >= 11 is 0. The molecular formula is C26H31N3O5. The Balaban J connectivity index is 1.33. The molecule has 3 amide bonds. The van der Waals surface area contributed by atoms with Gasteiger partial charge in [-0.05, 0) is 43.4 Å². The first kappa shape index (κ1) is 23.6. The van der Waals surface area contributed by atoms with Crippen molar-refractivity contribution in [2.75, 3.05) is 32.1 Å². The van der Waals surface area contributed by atoms with Gasteiger partial charge in [-0.1, -0.05) is 48.0 Å². The summed E-state index contributed by atoms with van der Waals surface area (Å²) in [6.45, 7) is 3.52. The van der Waals surface area contributed by atoms with Crippen LogP contribution in [0, 0.1) is 6.92 Å². The molecular weight excluding hydrogens is 434 g/mol. The molecule has 1 N–H and O–H groups in total. The minimum atomic E-state index is -1.01. The fourth-order valence-electron chi connectivity index (χ4n) is 4.65. The molecule has 4 rings (SSSR count). The maximum Gasteiger partial charge on any atom is 0.410 e. The first-order chi connectivity index (χ1) is 16.4. The number of hydrogen-bond acceptors (Lipinski definition) is 5. The van der Waals surface area contributed by atoms with Crippen molar-refractivity contribution in [3.05, 3.63) is 65.2 Å². The van der Waals surface area contributed by atoms with E-state index in [1.165, 1.54) is 7.11 Å². The van der Waals surface area contributed by atoms with Crippen molar-refractivity contribution in [3.63, 3.8) is 0 Å². The van der Waals surface area contributed by atoms with Gasteiger partial charge in [0, 0.05) is 37.8 Å². The smallest absolute Gasteiger partial charge is 0.410 e. The van der Waals surface area contributed by atoms with Crippen LogP contribution < -0.4 is 5.32 Å². The zero-order chi connectivity index (χ0) is 24.1. The van der Waals surface area contributed by atoms with Gasteiger partial charge in [-0.2, -0.15) is 0 Å². The number of urea groups is 1. The zero-order valence-corrected chi connectivity index (χ0v) is 19.7. The van der Waals surface area contributed by atoms with Crippen LogP contribution in [0.2, 0.25) is 0 Å². The molecule has 2 aliphatic heterocycles. The Labute approximate surface area is 199 Å². The SMILES string of the molecule is COC(=O)C(Cc1cccc(C)c1)OC(=O)N1CCC(N2CCc3ccccc3NC2=O)CC1. The molecule has 0 aliphatic carbocycles. The highest BCUT2D eigenvalue weighted by Gasteiger charge is 2.33. The number of likely N-dealkylation sites (tertiary alicyclic amines) is 1. The van der Waals surface area contributed by atoms with Crippen LogP contribution in [0.1, 0.15) is 29.5 Å². The van der Waals surface area contributed by atoms with Crippen molar-refractivity contribution in [1.29, 1.82) is 0 Å². The molecule has 2 heterocycles. The number of para-hydroxylation sites is 1. The van der Waals surface area contributed by atoms with Crippen LogP contribution in [-0.4, -0.2) is 66.8 Å². The highest BCUT2D eigenvalue weighted by Crippen LogP contribution is 2.25. The van der Waals surface area contributed by atoms with Crippen LogP contribution in [0.5, 0.6) is 0 Å². The van der Waals surface area contributed by atoms with Crippen LogP contribution in [0.25, 0.3) is 0 Å². The number of nitrogens with one attached hydrogen (secondary N) is 1. The summed E-state index contributed by atoms with van der Waals surface area (Å²) in [4.78, 5) is 41.4. The lowest BCUT2D eigenvalue weighted by molar-refractivity contribution is -0.151. The third-order valence-electron chi connectivity index (χ3n) is 6.52. The number of anilines is 1. The number of aryl methyl sites for hydroxylation is 1. The standard InChI is InChI=1S/C26H31N3O5/c1-18-6-5-7-19(16-18)17-23(24(30)33-2)34-26(32)28-13-11-21(12-14-28)29-15-10-20-8-3-4-9-22(20)27-25(29)31/h3-9,16,21,23H,10-15,17H2,1-2H3,(H,27,31). The molecule has 180 valence electrons. The number of carbonyl (C=O) groups is 3. The van der Waals surface area contributed by atoms with Gasteiger partial charge >= 0.3 is 18.1 Å². The maximum atomic E-state index is 12.8. The lowest BCUT2D eigenvalue weighted by Crippen LogP contribution is -2.50. The molecule has 34 heavy (non-hydrogen) atoms. The van der Waals surface area contributed by atoms with Crippen LogP contribution in [0.3, 0.4) is 0 Å². The number of piperidine rings is 1. The summed E-state index contributed by atoms with van der Waals surface area (Å²) in [5, 5.41) is 3.01. The number of benzene rings is 2. The van der Waals surface area contributed by atoms with E-state index in [-0.39, 0.29) is 18.5 Å². The molecule has 0 aromatic heterocycles. The average molecular weight is 466 g/mol. The summed E-state index contributed by atoms with van der Waals surface area (Å²) in [7, 11) is 1.29. The second kappa shape index (κ2) is 10.6. The van der Waals surface area contributed by atoms with Gasteiger partial charge < -0.3 is 24.6 Å². The molecule has 2 aliphatic rings. The summed E-state index contributed by atoms with van der Waals surface area (Å²) in [5.74, 6) is -0.578. The molecule has 8 nitrogen and oxygen atoms in total. The Morgan fingerprint density at radius 1 is 1.09 bits per heavy atom. The molecule has 0 spiro atoms. The van der Waals surface area contributed by atoms with Crippen molar-refractivity contribution in [3.8, 4) is 0 Å². The predicted octanol–water partition coefficient (Wildman–Crippen LogP) is 3.77. The Kier molecular flexibility index (Phi) is 7.35. The normalized spacial score (nSPS) is 17.3. The maximum absolute atomic E-state index is 12.8. The van der Waals surface area contributed by atoms with E-state index < -0.39 is 18.2 Å². The van der Waals surface area contributed by atoms with Gasteiger partial charge in [0.1, 0.15) is 0 Å². The first-order valence-corrected chi connectivity index (χ1v) is 11.7. The molecule has 0 radical (unpaired) electrons. The lowest BCUT2D eigenvalue weighted by atomic mass is 10.0. The number of esters is 1. The van der Waals surface area contributed by atoms with Crippen molar-refractivity contribution in [2.24, 2.45) is 0 Å². The highest BCUT2D eigenvalue weighted by molar-refractivity contribution is 5.91. The summed E-state index contributed by atoms with van der Waals surface area (Å²) in [6, 6.07) is 15.5. The van der Waals surface area contributed by atoms with Gasteiger partial charge in [-0.15, -0.1) is 0 Å². The zero-order valence-electron chi connectivity index (χ0n) is 19.7. The molecule has 2 aromatic carbocycles. The number of ether oxygens (including phenoxy) is 2. The average Bonchev–Trinajstić information content (AvgIpc) is 3.01. The lowest BCUT2D eigenvalue weighted by Gasteiger charge is -2.37. The summed E-state index contributed by atoms with van der Waals surface area (Å²) < 4.78 is 10.4. The molecule has 1 saturated heterocycles. The van der Waals surface area contributed by atoms with E-state index in [0.717, 1.165) is 28.8 Å². The van der Waals surface area contributed by atoms with Crippen molar-refractivity contribution in [2.45, 2.75) is 44.8 Å². The summed E-state index contributed by atoms with van der Waals surface area (Å²) in [5.41, 5.74) is 3.95. The minimum absolute atomic E-state index is 0.0436. The van der Waals surface area contributed by atoms with Gasteiger partial charge in [-0.25, -0.2) is 14.4 Å². The molecule has 2 aromatic rings. The van der Waals surface area contributed by atoms with E-state index in [1.54, 1.807) is 4.90 Å². The number of methoxy groups -OCH3 is 1. The predicted molar refractivity (Wildman–Crippen MR) is 128 cm³/mol. The largest absolute Gasteiger partial charge is 0.466 e. The van der Waals surface area contributed by atoms with Crippen molar-refractivity contribution < 1.29 is 23.9 Å². The fourth-order valence-corrected chi connectivity index (χ4v) is 4.65. The number of fused-ring (bicyclic) bond motifs is 1. The van der Waals surface area contributed by atoms with Crippen molar-refractivity contribution >= 4 is 23.8 Å². The molecule has 0 bridgehead atoms. The molecule has 8 heteroatoms. The number of amides is 3. The van der Waals surface area contributed by atoms with Gasteiger partial charge in [-0.3, -0.25) is 0 Å². The minimum Gasteiger partial charge on any atom is -0.466 e. The quantitative estimate of drug-likeness (QED) is 0.679.